The maximum absolute atomic E-state index is 13.2. The first-order valence-corrected chi connectivity index (χ1v) is 8.72. The Labute approximate surface area is 151 Å². The Morgan fingerprint density at radius 1 is 1.12 bits per heavy atom. The second-order valence-electron chi connectivity index (χ2n) is 6.68. The van der Waals surface area contributed by atoms with Gasteiger partial charge in [-0.1, -0.05) is 30.3 Å². The number of halogens is 2. The van der Waals surface area contributed by atoms with Gasteiger partial charge in [0.2, 0.25) is 5.91 Å². The lowest BCUT2D eigenvalue weighted by molar-refractivity contribution is -0.117. The molecule has 0 aliphatic carbocycles. The lowest BCUT2D eigenvalue weighted by Crippen LogP contribution is -2.40. The number of carbonyl (C=O) groups is 1. The van der Waals surface area contributed by atoms with Crippen LogP contribution in [0.4, 0.5) is 14.5 Å². The molecule has 1 atom stereocenters. The van der Waals surface area contributed by atoms with Crippen molar-refractivity contribution in [3.63, 3.8) is 0 Å². The van der Waals surface area contributed by atoms with Crippen molar-refractivity contribution in [2.45, 2.75) is 18.9 Å². The van der Waals surface area contributed by atoms with Gasteiger partial charge in [-0.15, -0.1) is 0 Å². The van der Waals surface area contributed by atoms with Crippen LogP contribution >= 0.6 is 0 Å². The summed E-state index contributed by atoms with van der Waals surface area (Å²) in [7, 11) is 0. The predicted molar refractivity (Wildman–Crippen MR) is 95.6 cm³/mol. The van der Waals surface area contributed by atoms with E-state index in [1.165, 1.54) is 0 Å². The number of hydrogen-bond donors (Lipinski definition) is 2. The van der Waals surface area contributed by atoms with Crippen LogP contribution in [0.1, 0.15) is 24.5 Å². The van der Waals surface area contributed by atoms with Gasteiger partial charge in [0, 0.05) is 11.8 Å². The number of aliphatic hydroxyl groups is 1. The minimum absolute atomic E-state index is 0.113. The number of aliphatic hydroxyl groups excluding tert-OH is 1. The Morgan fingerprint density at radius 3 is 2.35 bits per heavy atom. The predicted octanol–water partition coefficient (Wildman–Crippen LogP) is 3.35. The molecule has 1 saturated heterocycles. The zero-order valence-electron chi connectivity index (χ0n) is 14.4. The standard InChI is InChI=1S/C20H22F2N2O2/c21-16-10-17(22)12-18(11-16)23-19(25)13-24-8-6-15(7-9-24)20(26)14-4-2-1-3-5-14/h1-5,10-12,15,20,26H,6-9,13H2,(H,23,25)/t20-/m1/s1. The Morgan fingerprint density at radius 2 is 1.73 bits per heavy atom. The van der Waals surface area contributed by atoms with Crippen LogP contribution in [0.2, 0.25) is 0 Å². The number of likely N-dealkylation sites (tertiary alicyclic amines) is 1. The number of benzene rings is 2. The van der Waals surface area contributed by atoms with Gasteiger partial charge in [0.15, 0.2) is 0 Å². The van der Waals surface area contributed by atoms with Gasteiger partial charge >= 0.3 is 0 Å². The van der Waals surface area contributed by atoms with Crippen LogP contribution < -0.4 is 5.32 Å². The molecule has 1 amide bonds. The SMILES string of the molecule is O=C(CN1CCC([C@H](O)c2ccccc2)CC1)Nc1cc(F)cc(F)c1. The van der Waals surface area contributed by atoms with Crippen LogP contribution in [0.25, 0.3) is 0 Å². The smallest absolute Gasteiger partial charge is 0.238 e. The molecule has 2 aromatic rings. The van der Waals surface area contributed by atoms with E-state index in [1.54, 1.807) is 0 Å². The number of nitrogens with one attached hydrogen (secondary N) is 1. The number of hydrogen-bond acceptors (Lipinski definition) is 3. The van der Waals surface area contributed by atoms with Crippen LogP contribution in [-0.2, 0) is 4.79 Å². The van der Waals surface area contributed by atoms with Crippen LogP contribution in [0.15, 0.2) is 48.5 Å². The minimum atomic E-state index is -0.726. The van der Waals surface area contributed by atoms with Crippen molar-refractivity contribution in [2.75, 3.05) is 25.0 Å². The number of nitrogens with zero attached hydrogens (tertiary/aromatic N) is 1. The molecule has 26 heavy (non-hydrogen) atoms. The first kappa shape index (κ1) is 18.5. The molecule has 6 heteroatoms. The number of anilines is 1. The molecular formula is C20H22F2N2O2. The summed E-state index contributed by atoms with van der Waals surface area (Å²) >= 11 is 0. The van der Waals surface area contributed by atoms with Crippen LogP contribution in [0, 0.1) is 17.6 Å². The Hall–Kier alpha value is -2.31. The molecule has 0 unspecified atom stereocenters. The molecule has 0 saturated carbocycles. The van der Waals surface area contributed by atoms with Crippen molar-refractivity contribution >= 4 is 11.6 Å². The average molecular weight is 360 g/mol. The maximum atomic E-state index is 13.2. The van der Waals surface area contributed by atoms with E-state index < -0.39 is 17.7 Å². The third-order valence-corrected chi connectivity index (χ3v) is 4.73. The highest BCUT2D eigenvalue weighted by atomic mass is 19.1. The van der Waals surface area contributed by atoms with Gasteiger partial charge in [0.1, 0.15) is 11.6 Å². The van der Waals surface area contributed by atoms with E-state index in [-0.39, 0.29) is 24.1 Å². The van der Waals surface area contributed by atoms with E-state index in [4.69, 9.17) is 0 Å². The number of amides is 1. The first-order valence-electron chi connectivity index (χ1n) is 8.72. The third kappa shape index (κ3) is 4.86. The van der Waals surface area contributed by atoms with Gasteiger partial charge in [0.25, 0.3) is 0 Å². The summed E-state index contributed by atoms with van der Waals surface area (Å²) < 4.78 is 26.3. The molecule has 3 rings (SSSR count). The lowest BCUT2D eigenvalue weighted by atomic mass is 9.87. The van der Waals surface area contributed by atoms with Crippen molar-refractivity contribution in [1.82, 2.24) is 4.90 Å². The fourth-order valence-corrected chi connectivity index (χ4v) is 3.38. The molecular weight excluding hydrogens is 338 g/mol. The Balaban J connectivity index is 1.48. The summed E-state index contributed by atoms with van der Waals surface area (Å²) in [6, 6.07) is 12.5. The zero-order chi connectivity index (χ0) is 18.5. The van der Waals surface area contributed by atoms with Crippen LogP contribution in [0.3, 0.4) is 0 Å². The molecule has 1 heterocycles. The number of carbonyl (C=O) groups excluding carboxylic acids is 1. The van der Waals surface area contributed by atoms with Gasteiger partial charge in [-0.3, -0.25) is 9.69 Å². The molecule has 1 fully saturated rings. The number of piperidine rings is 1. The highest BCUT2D eigenvalue weighted by Crippen LogP contribution is 2.30. The van der Waals surface area contributed by atoms with E-state index in [0.29, 0.717) is 13.1 Å². The fourth-order valence-electron chi connectivity index (χ4n) is 3.38. The Bertz CT molecular complexity index is 726. The van der Waals surface area contributed by atoms with E-state index in [0.717, 1.165) is 36.6 Å². The summed E-state index contributed by atoms with van der Waals surface area (Å²) in [6.45, 7) is 1.55. The summed E-state index contributed by atoms with van der Waals surface area (Å²) in [5, 5.41) is 13.0. The first-order chi connectivity index (χ1) is 12.5. The molecule has 1 aliphatic heterocycles. The topological polar surface area (TPSA) is 52.6 Å². The van der Waals surface area contributed by atoms with E-state index in [2.05, 4.69) is 5.32 Å². The van der Waals surface area contributed by atoms with E-state index in [9.17, 15) is 18.7 Å². The maximum Gasteiger partial charge on any atom is 0.238 e. The molecule has 4 nitrogen and oxygen atoms in total. The quantitative estimate of drug-likeness (QED) is 0.860. The molecule has 2 N–H and O–H groups in total. The summed E-state index contributed by atoms with van der Waals surface area (Å²) in [5.74, 6) is -1.60. The molecule has 0 spiro atoms. The fraction of sp³-hybridized carbons (Fsp3) is 0.350. The summed E-state index contributed by atoms with van der Waals surface area (Å²) in [6.07, 6.45) is 1.08. The second-order valence-corrected chi connectivity index (χ2v) is 6.68. The summed E-state index contributed by atoms with van der Waals surface area (Å²) in [4.78, 5) is 14.1. The van der Waals surface area contributed by atoms with Gasteiger partial charge < -0.3 is 10.4 Å². The molecule has 0 aromatic heterocycles. The largest absolute Gasteiger partial charge is 0.388 e. The minimum Gasteiger partial charge on any atom is -0.388 e. The average Bonchev–Trinajstić information content (AvgIpc) is 2.61. The zero-order valence-corrected chi connectivity index (χ0v) is 14.4. The highest BCUT2D eigenvalue weighted by molar-refractivity contribution is 5.92. The normalized spacial score (nSPS) is 17.0. The third-order valence-electron chi connectivity index (χ3n) is 4.73. The van der Waals surface area contributed by atoms with Crippen LogP contribution in [0.5, 0.6) is 0 Å². The Kier molecular flexibility index (Phi) is 5.96. The van der Waals surface area contributed by atoms with Crippen molar-refractivity contribution in [1.29, 1.82) is 0 Å². The van der Waals surface area contributed by atoms with E-state index in [1.807, 2.05) is 35.2 Å². The molecule has 0 radical (unpaired) electrons. The van der Waals surface area contributed by atoms with Crippen LogP contribution in [-0.4, -0.2) is 35.5 Å². The van der Waals surface area contributed by atoms with Gasteiger partial charge in [-0.2, -0.15) is 0 Å². The van der Waals surface area contributed by atoms with Crippen molar-refractivity contribution in [3.8, 4) is 0 Å². The molecule has 1 aliphatic rings. The van der Waals surface area contributed by atoms with Gasteiger partial charge in [0.05, 0.1) is 12.6 Å². The van der Waals surface area contributed by atoms with Crippen molar-refractivity contribution in [3.05, 3.63) is 65.7 Å². The highest BCUT2D eigenvalue weighted by Gasteiger charge is 2.27. The van der Waals surface area contributed by atoms with Crippen molar-refractivity contribution in [2.24, 2.45) is 5.92 Å². The lowest BCUT2D eigenvalue weighted by Gasteiger charge is -2.34. The molecule has 0 bridgehead atoms. The molecule has 138 valence electrons. The monoisotopic (exact) mass is 360 g/mol. The van der Waals surface area contributed by atoms with E-state index >= 15 is 0 Å². The summed E-state index contributed by atoms with van der Waals surface area (Å²) in [5.41, 5.74) is 1.03. The van der Waals surface area contributed by atoms with Crippen molar-refractivity contribution < 1.29 is 18.7 Å². The molecule has 2 aromatic carbocycles. The second kappa shape index (κ2) is 8.38. The number of rotatable bonds is 5. The van der Waals surface area contributed by atoms with Gasteiger partial charge in [-0.05, 0) is 49.5 Å². The van der Waals surface area contributed by atoms with Gasteiger partial charge in [-0.25, -0.2) is 8.78 Å².